The van der Waals surface area contributed by atoms with Crippen LogP contribution in [0.2, 0.25) is 0 Å². The Hall–Kier alpha value is -5.23. The maximum absolute atomic E-state index is 14.2. The second-order valence-electron chi connectivity index (χ2n) is 10.8. The lowest BCUT2D eigenvalue weighted by molar-refractivity contribution is 0.483. The van der Waals surface area contributed by atoms with E-state index in [1.54, 1.807) is 0 Å². The third-order valence-electron chi connectivity index (χ3n) is 7.93. The average Bonchev–Trinajstić information content (AvgIpc) is 3.63. The monoisotopic (exact) mass is 566 g/mol. The van der Waals surface area contributed by atoms with Crippen molar-refractivity contribution in [3.8, 4) is 34.1 Å². The molecule has 0 spiro atoms. The fourth-order valence-corrected chi connectivity index (χ4v) is 5.91. The van der Waals surface area contributed by atoms with E-state index in [1.165, 1.54) is 35.0 Å². The van der Waals surface area contributed by atoms with Crippen molar-refractivity contribution in [2.24, 2.45) is 0 Å². The Kier molecular flexibility index (Phi) is 6.95. The van der Waals surface area contributed by atoms with Gasteiger partial charge in [0.25, 0.3) is 0 Å². The second-order valence-corrected chi connectivity index (χ2v) is 10.8. The molecule has 0 radical (unpaired) electrons. The zero-order valence-electron chi connectivity index (χ0n) is 24.2. The highest BCUT2D eigenvalue weighted by molar-refractivity contribution is 6.09. The number of aromatic nitrogens is 4. The van der Waals surface area contributed by atoms with Crippen molar-refractivity contribution in [1.82, 2.24) is 19.3 Å². The number of nitrogens with zero attached hydrogens (tertiary/aromatic N) is 4. The number of ether oxygens (including phenoxy) is 1. The Morgan fingerprint density at radius 1 is 0.814 bits per heavy atom. The highest BCUT2D eigenvalue weighted by Gasteiger charge is 2.15. The van der Waals surface area contributed by atoms with Crippen molar-refractivity contribution in [2.75, 3.05) is 0 Å². The van der Waals surface area contributed by atoms with Crippen molar-refractivity contribution in [2.45, 2.75) is 33.1 Å². The quantitative estimate of drug-likeness (QED) is 0.184. The molecule has 5 nitrogen and oxygen atoms in total. The van der Waals surface area contributed by atoms with E-state index in [9.17, 15) is 4.39 Å². The Bertz CT molecular complexity index is 2090. The molecule has 0 fully saturated rings. The highest BCUT2D eigenvalue weighted by Crippen LogP contribution is 2.35. The van der Waals surface area contributed by atoms with Gasteiger partial charge in [-0.05, 0) is 72.9 Å². The largest absolute Gasteiger partial charge is 0.457 e. The van der Waals surface area contributed by atoms with Gasteiger partial charge < -0.3 is 4.74 Å². The van der Waals surface area contributed by atoms with Crippen LogP contribution < -0.4 is 4.74 Å². The zero-order valence-corrected chi connectivity index (χ0v) is 24.2. The van der Waals surface area contributed by atoms with Gasteiger partial charge in [-0.15, -0.1) is 0 Å². The van der Waals surface area contributed by atoms with Crippen LogP contribution in [0.5, 0.6) is 11.5 Å². The minimum Gasteiger partial charge on any atom is -0.457 e. The van der Waals surface area contributed by atoms with Crippen molar-refractivity contribution >= 4 is 21.8 Å². The molecule has 0 saturated carbocycles. The molecular weight excluding hydrogens is 535 g/mol. The van der Waals surface area contributed by atoms with Gasteiger partial charge in [-0.1, -0.05) is 55.8 Å². The van der Waals surface area contributed by atoms with Crippen LogP contribution in [0, 0.1) is 12.7 Å². The van der Waals surface area contributed by atoms with Crippen LogP contribution in [-0.2, 0) is 6.42 Å². The standard InChI is InChI=1S/C37H31FN4O/c1-3-4-10-26-11-7-9-25(2)37(26)27-23-40-41(24-27)29-12-8-13-30(21-29)43-31-16-17-33-32-14-5-6-15-34(32)42(35(33)22-31)36-20-28(38)18-19-39-36/h5-9,11-24H,3-4,10H2,1-2H3. The first-order valence-corrected chi connectivity index (χ1v) is 14.7. The smallest absolute Gasteiger partial charge is 0.140 e. The summed E-state index contributed by atoms with van der Waals surface area (Å²) in [5.74, 6) is 1.56. The maximum atomic E-state index is 14.2. The second kappa shape index (κ2) is 11.2. The van der Waals surface area contributed by atoms with Gasteiger partial charge in [-0.2, -0.15) is 5.10 Å². The summed E-state index contributed by atoms with van der Waals surface area (Å²) in [6.07, 6.45) is 8.90. The average molecular weight is 567 g/mol. The van der Waals surface area contributed by atoms with E-state index < -0.39 is 0 Å². The lowest BCUT2D eigenvalue weighted by Crippen LogP contribution is -1.98. The van der Waals surface area contributed by atoms with Crippen LogP contribution in [0.1, 0.15) is 30.9 Å². The Morgan fingerprint density at radius 2 is 1.65 bits per heavy atom. The molecule has 3 heterocycles. The number of hydrogen-bond donors (Lipinski definition) is 0. The molecule has 0 saturated heterocycles. The number of rotatable bonds is 8. The summed E-state index contributed by atoms with van der Waals surface area (Å²) < 4.78 is 24.5. The van der Waals surface area contributed by atoms with E-state index in [-0.39, 0.29) is 5.82 Å². The van der Waals surface area contributed by atoms with Gasteiger partial charge in [-0.25, -0.2) is 14.1 Å². The Labute approximate surface area is 249 Å². The lowest BCUT2D eigenvalue weighted by atomic mass is 9.94. The van der Waals surface area contributed by atoms with Crippen LogP contribution in [0.25, 0.3) is 44.4 Å². The van der Waals surface area contributed by atoms with Gasteiger partial charge >= 0.3 is 0 Å². The van der Waals surface area contributed by atoms with Crippen LogP contribution >= 0.6 is 0 Å². The summed E-state index contributed by atoms with van der Waals surface area (Å²) in [7, 11) is 0. The summed E-state index contributed by atoms with van der Waals surface area (Å²) in [6.45, 7) is 4.39. The van der Waals surface area contributed by atoms with Crippen LogP contribution in [0.3, 0.4) is 0 Å². The van der Waals surface area contributed by atoms with E-state index in [0.717, 1.165) is 52.3 Å². The first kappa shape index (κ1) is 26.7. The topological polar surface area (TPSA) is 44.9 Å². The van der Waals surface area contributed by atoms with E-state index in [2.05, 4.69) is 49.3 Å². The van der Waals surface area contributed by atoms with Crippen molar-refractivity contribution < 1.29 is 9.13 Å². The van der Waals surface area contributed by atoms with Gasteiger partial charge in [0.2, 0.25) is 0 Å². The van der Waals surface area contributed by atoms with Crippen LogP contribution in [0.15, 0.2) is 116 Å². The van der Waals surface area contributed by atoms with Crippen LogP contribution in [-0.4, -0.2) is 19.3 Å². The molecular formula is C37H31FN4O. The van der Waals surface area contributed by atoms with E-state index >= 15 is 0 Å². The minimum atomic E-state index is -0.332. The number of hydrogen-bond acceptors (Lipinski definition) is 3. The number of para-hydroxylation sites is 1. The number of halogens is 1. The molecule has 0 bridgehead atoms. The molecule has 7 rings (SSSR count). The molecule has 6 heteroatoms. The molecule has 3 aromatic heterocycles. The number of aryl methyl sites for hydroxylation is 2. The number of unbranched alkanes of at least 4 members (excludes halogenated alkanes) is 1. The van der Waals surface area contributed by atoms with Gasteiger partial charge in [0.05, 0.1) is 22.9 Å². The number of benzene rings is 4. The molecule has 0 aliphatic carbocycles. The fraction of sp³-hybridized carbons (Fsp3) is 0.135. The van der Waals surface area contributed by atoms with Crippen molar-refractivity contribution in [3.05, 3.63) is 133 Å². The molecule has 0 aliphatic rings. The van der Waals surface area contributed by atoms with Crippen LogP contribution in [0.4, 0.5) is 4.39 Å². The van der Waals surface area contributed by atoms with Crippen molar-refractivity contribution in [3.63, 3.8) is 0 Å². The normalized spacial score (nSPS) is 11.4. The predicted octanol–water partition coefficient (Wildman–Crippen LogP) is 9.61. The molecule has 4 aromatic carbocycles. The summed E-state index contributed by atoms with van der Waals surface area (Å²) in [5, 5.41) is 6.82. The molecule has 0 aliphatic heterocycles. The predicted molar refractivity (Wildman–Crippen MR) is 171 cm³/mol. The van der Waals surface area contributed by atoms with E-state index in [4.69, 9.17) is 9.84 Å². The van der Waals surface area contributed by atoms with E-state index in [1.807, 2.05) is 76.1 Å². The Morgan fingerprint density at radius 3 is 2.53 bits per heavy atom. The van der Waals surface area contributed by atoms with E-state index in [0.29, 0.717) is 17.3 Å². The molecule has 43 heavy (non-hydrogen) atoms. The number of fused-ring (bicyclic) bond motifs is 3. The van der Waals surface area contributed by atoms with Crippen molar-refractivity contribution in [1.29, 1.82) is 0 Å². The summed E-state index contributed by atoms with van der Waals surface area (Å²) in [5.41, 5.74) is 7.75. The minimum absolute atomic E-state index is 0.332. The molecule has 0 N–H and O–H groups in total. The first-order valence-electron chi connectivity index (χ1n) is 14.7. The first-order chi connectivity index (χ1) is 21.1. The maximum Gasteiger partial charge on any atom is 0.140 e. The molecule has 0 atom stereocenters. The molecule has 7 aromatic rings. The summed E-state index contributed by atoms with van der Waals surface area (Å²) in [4.78, 5) is 4.46. The fourth-order valence-electron chi connectivity index (χ4n) is 5.91. The van der Waals surface area contributed by atoms with Gasteiger partial charge in [0.15, 0.2) is 0 Å². The van der Waals surface area contributed by atoms with Gasteiger partial charge in [0.1, 0.15) is 23.1 Å². The van der Waals surface area contributed by atoms with Gasteiger partial charge in [0, 0.05) is 46.9 Å². The number of pyridine rings is 1. The molecule has 212 valence electrons. The Balaban J connectivity index is 1.23. The summed E-state index contributed by atoms with van der Waals surface area (Å²) in [6, 6.07) is 31.3. The highest BCUT2D eigenvalue weighted by atomic mass is 19.1. The lowest BCUT2D eigenvalue weighted by Gasteiger charge is -2.11. The third-order valence-corrected chi connectivity index (χ3v) is 7.93. The SMILES string of the molecule is CCCCc1cccc(C)c1-c1cnn(-c2cccc(Oc3ccc4c5ccccc5n(-c5cc(F)ccn5)c4c3)c2)c1. The summed E-state index contributed by atoms with van der Waals surface area (Å²) >= 11 is 0. The third kappa shape index (κ3) is 5.06. The molecule has 0 amide bonds. The molecule has 0 unspecified atom stereocenters. The zero-order chi connectivity index (χ0) is 29.3. The van der Waals surface area contributed by atoms with Gasteiger partial charge in [-0.3, -0.25) is 4.57 Å².